The van der Waals surface area contributed by atoms with Crippen LogP contribution in [0.3, 0.4) is 0 Å². The molecule has 108 valence electrons. The van der Waals surface area contributed by atoms with Crippen LogP contribution in [0.25, 0.3) is 0 Å². The van der Waals surface area contributed by atoms with Gasteiger partial charge in [-0.3, -0.25) is 0 Å². The molecule has 0 unspecified atom stereocenters. The molecule has 0 aliphatic rings. The van der Waals surface area contributed by atoms with Gasteiger partial charge in [-0.05, 0) is 36.2 Å². The molecule has 0 radical (unpaired) electrons. The van der Waals surface area contributed by atoms with Crippen LogP contribution < -0.4 is 10.1 Å². The van der Waals surface area contributed by atoms with Crippen LogP contribution >= 0.6 is 0 Å². The molecule has 0 amide bonds. The normalized spacial score (nSPS) is 10.9. The number of hydrogen-bond acceptors (Lipinski definition) is 2. The van der Waals surface area contributed by atoms with E-state index in [0.717, 1.165) is 25.4 Å². The van der Waals surface area contributed by atoms with Gasteiger partial charge >= 0.3 is 0 Å². The zero-order valence-corrected chi connectivity index (χ0v) is 12.4. The Morgan fingerprint density at radius 3 is 2.70 bits per heavy atom. The topological polar surface area (TPSA) is 26.2 Å². The van der Waals surface area contributed by atoms with Gasteiger partial charge in [0.05, 0.1) is 6.54 Å². The Kier molecular flexibility index (Phi) is 5.69. The number of aromatic nitrogens is 1. The van der Waals surface area contributed by atoms with Crippen LogP contribution in [0, 0.1) is 5.92 Å². The van der Waals surface area contributed by atoms with Crippen molar-refractivity contribution in [2.24, 2.45) is 5.92 Å². The second kappa shape index (κ2) is 7.75. The maximum atomic E-state index is 5.70. The predicted octanol–water partition coefficient (Wildman–Crippen LogP) is 3.31. The molecule has 0 aliphatic heterocycles. The molecule has 2 rings (SSSR count). The van der Waals surface area contributed by atoms with Gasteiger partial charge in [0.1, 0.15) is 12.4 Å². The van der Waals surface area contributed by atoms with Crippen LogP contribution in [0.15, 0.2) is 48.8 Å². The number of hydrogen-bond donors (Lipinski definition) is 1. The van der Waals surface area contributed by atoms with Crippen molar-refractivity contribution in [2.75, 3.05) is 13.2 Å². The highest BCUT2D eigenvalue weighted by atomic mass is 16.5. The minimum atomic E-state index is 0.691. The van der Waals surface area contributed by atoms with Crippen molar-refractivity contribution in [3.8, 4) is 5.75 Å². The Morgan fingerprint density at radius 1 is 1.15 bits per heavy atom. The summed E-state index contributed by atoms with van der Waals surface area (Å²) in [6, 6.07) is 12.1. The molecular formula is C17H24N2O. The zero-order chi connectivity index (χ0) is 14.2. The van der Waals surface area contributed by atoms with Crippen molar-refractivity contribution in [1.29, 1.82) is 0 Å². The van der Waals surface area contributed by atoms with Gasteiger partial charge in [-0.1, -0.05) is 32.0 Å². The Balaban J connectivity index is 1.70. The molecule has 1 aromatic carbocycles. The van der Waals surface area contributed by atoms with Gasteiger partial charge in [0.15, 0.2) is 0 Å². The lowest BCUT2D eigenvalue weighted by Crippen LogP contribution is -2.18. The van der Waals surface area contributed by atoms with E-state index in [1.807, 2.05) is 30.3 Å². The first kappa shape index (κ1) is 14.7. The highest BCUT2D eigenvalue weighted by Crippen LogP contribution is 2.08. The molecule has 1 heterocycles. The third-order valence-electron chi connectivity index (χ3n) is 3.05. The quantitative estimate of drug-likeness (QED) is 0.798. The molecule has 2 aromatic rings. The van der Waals surface area contributed by atoms with Crippen molar-refractivity contribution in [3.63, 3.8) is 0 Å². The summed E-state index contributed by atoms with van der Waals surface area (Å²) in [5.41, 5.74) is 1.32. The third kappa shape index (κ3) is 5.10. The van der Waals surface area contributed by atoms with Crippen LogP contribution in [0.5, 0.6) is 5.75 Å². The molecular weight excluding hydrogens is 248 g/mol. The first-order chi connectivity index (χ1) is 9.74. The van der Waals surface area contributed by atoms with Crippen molar-refractivity contribution >= 4 is 0 Å². The smallest absolute Gasteiger partial charge is 0.119 e. The molecule has 0 aliphatic carbocycles. The van der Waals surface area contributed by atoms with Crippen LogP contribution in [-0.4, -0.2) is 17.7 Å². The predicted molar refractivity (Wildman–Crippen MR) is 82.9 cm³/mol. The summed E-state index contributed by atoms with van der Waals surface area (Å²) in [6.45, 7) is 8.00. The molecule has 3 nitrogen and oxygen atoms in total. The second-order valence-electron chi connectivity index (χ2n) is 5.44. The van der Waals surface area contributed by atoms with E-state index in [2.05, 4.69) is 42.2 Å². The molecule has 1 N–H and O–H groups in total. The summed E-state index contributed by atoms with van der Waals surface area (Å²) >= 11 is 0. The molecule has 0 saturated heterocycles. The van der Waals surface area contributed by atoms with E-state index >= 15 is 0 Å². The highest BCUT2D eigenvalue weighted by Gasteiger charge is 1.99. The number of ether oxygens (including phenoxy) is 1. The summed E-state index contributed by atoms with van der Waals surface area (Å²) in [7, 11) is 0. The Hall–Kier alpha value is -1.74. The number of rotatable bonds is 8. The molecule has 0 fully saturated rings. The van der Waals surface area contributed by atoms with Crippen LogP contribution in [-0.2, 0) is 13.1 Å². The standard InChI is InChI=1S/C17H24N2O/c1-15(2)12-18-13-16-8-9-19(14-16)10-11-20-17-6-4-3-5-7-17/h3-9,14-15,18H,10-13H2,1-2H3. The van der Waals surface area contributed by atoms with Gasteiger partial charge < -0.3 is 14.6 Å². The minimum Gasteiger partial charge on any atom is -0.492 e. The molecule has 3 heteroatoms. The van der Waals surface area contributed by atoms with Gasteiger partial charge in [0.2, 0.25) is 0 Å². The summed E-state index contributed by atoms with van der Waals surface area (Å²) in [5, 5.41) is 3.45. The largest absolute Gasteiger partial charge is 0.492 e. The van der Waals surface area contributed by atoms with Gasteiger partial charge in [0.25, 0.3) is 0 Å². The highest BCUT2D eigenvalue weighted by molar-refractivity contribution is 5.20. The fourth-order valence-corrected chi connectivity index (χ4v) is 2.02. The van der Waals surface area contributed by atoms with Crippen molar-refractivity contribution < 1.29 is 4.74 Å². The van der Waals surface area contributed by atoms with E-state index in [0.29, 0.717) is 12.5 Å². The molecule has 0 saturated carbocycles. The fraction of sp³-hybridized carbons (Fsp3) is 0.412. The number of nitrogens with zero attached hydrogens (tertiary/aromatic N) is 1. The van der Waals surface area contributed by atoms with Gasteiger partial charge in [-0.15, -0.1) is 0 Å². The average Bonchev–Trinajstić information content (AvgIpc) is 2.87. The molecule has 0 atom stereocenters. The van der Waals surface area contributed by atoms with Crippen molar-refractivity contribution in [2.45, 2.75) is 26.9 Å². The molecule has 1 aromatic heterocycles. The summed E-state index contributed by atoms with van der Waals surface area (Å²) in [6.07, 6.45) is 4.29. The van der Waals surface area contributed by atoms with Crippen molar-refractivity contribution in [1.82, 2.24) is 9.88 Å². The van der Waals surface area contributed by atoms with Crippen LogP contribution in [0.2, 0.25) is 0 Å². The van der Waals surface area contributed by atoms with Crippen LogP contribution in [0.1, 0.15) is 19.4 Å². The molecule has 0 spiro atoms. The maximum Gasteiger partial charge on any atom is 0.119 e. The van der Waals surface area contributed by atoms with E-state index in [1.165, 1.54) is 5.56 Å². The van der Waals surface area contributed by atoms with E-state index in [1.54, 1.807) is 0 Å². The SMILES string of the molecule is CC(C)CNCc1ccn(CCOc2ccccc2)c1. The average molecular weight is 272 g/mol. The van der Waals surface area contributed by atoms with E-state index in [9.17, 15) is 0 Å². The summed E-state index contributed by atoms with van der Waals surface area (Å²) < 4.78 is 7.87. The Labute approximate surface area is 121 Å². The monoisotopic (exact) mass is 272 g/mol. The van der Waals surface area contributed by atoms with Gasteiger partial charge in [0, 0.05) is 18.9 Å². The lowest BCUT2D eigenvalue weighted by molar-refractivity contribution is 0.298. The van der Waals surface area contributed by atoms with Gasteiger partial charge in [-0.25, -0.2) is 0 Å². The maximum absolute atomic E-state index is 5.70. The third-order valence-corrected chi connectivity index (χ3v) is 3.05. The fourth-order valence-electron chi connectivity index (χ4n) is 2.02. The molecule has 20 heavy (non-hydrogen) atoms. The Bertz CT molecular complexity index is 491. The second-order valence-corrected chi connectivity index (χ2v) is 5.44. The van der Waals surface area contributed by atoms with Crippen molar-refractivity contribution in [3.05, 3.63) is 54.4 Å². The van der Waals surface area contributed by atoms with E-state index in [-0.39, 0.29) is 0 Å². The lowest BCUT2D eigenvalue weighted by atomic mass is 10.2. The minimum absolute atomic E-state index is 0.691. The number of nitrogens with one attached hydrogen (secondary N) is 1. The zero-order valence-electron chi connectivity index (χ0n) is 12.4. The Morgan fingerprint density at radius 2 is 1.95 bits per heavy atom. The number of benzene rings is 1. The first-order valence-corrected chi connectivity index (χ1v) is 7.27. The van der Waals surface area contributed by atoms with E-state index < -0.39 is 0 Å². The summed E-state index contributed by atoms with van der Waals surface area (Å²) in [5.74, 6) is 1.62. The van der Waals surface area contributed by atoms with E-state index in [4.69, 9.17) is 4.74 Å². The lowest BCUT2D eigenvalue weighted by Gasteiger charge is -2.07. The number of para-hydroxylation sites is 1. The first-order valence-electron chi connectivity index (χ1n) is 7.27. The molecule has 0 bridgehead atoms. The van der Waals surface area contributed by atoms with Gasteiger partial charge in [-0.2, -0.15) is 0 Å². The van der Waals surface area contributed by atoms with Crippen LogP contribution in [0.4, 0.5) is 0 Å². The summed E-state index contributed by atoms with van der Waals surface area (Å²) in [4.78, 5) is 0.